The second-order valence-corrected chi connectivity index (χ2v) is 9.55. The Hall–Kier alpha value is -1.11. The Kier molecular flexibility index (Phi) is 13.2. The van der Waals surface area contributed by atoms with E-state index in [9.17, 15) is 8.42 Å². The van der Waals surface area contributed by atoms with E-state index in [0.717, 1.165) is 12.2 Å². The molecule has 0 saturated carbocycles. The molecule has 29 heavy (non-hydrogen) atoms. The number of ether oxygens (including phenoxy) is 3. The molecule has 1 heterocycles. The molecule has 10 nitrogen and oxygen atoms in total. The van der Waals surface area contributed by atoms with Crippen molar-refractivity contribution < 1.29 is 22.6 Å². The monoisotopic (exact) mass is 435 g/mol. The van der Waals surface area contributed by atoms with Gasteiger partial charge in [0.2, 0.25) is 0 Å². The maximum Gasteiger partial charge on any atom is 0.148 e. The third-order valence-corrected chi connectivity index (χ3v) is 4.79. The quantitative estimate of drug-likeness (QED) is 0.314. The van der Waals surface area contributed by atoms with E-state index in [0.29, 0.717) is 65.3 Å². The van der Waals surface area contributed by atoms with Gasteiger partial charge in [0.1, 0.15) is 9.84 Å². The van der Waals surface area contributed by atoms with E-state index in [2.05, 4.69) is 29.5 Å². The summed E-state index contributed by atoms with van der Waals surface area (Å²) < 4.78 is 40.6. The van der Waals surface area contributed by atoms with Gasteiger partial charge in [-0.2, -0.15) is 0 Å². The molecule has 0 aliphatic heterocycles. The lowest BCUT2D eigenvalue weighted by molar-refractivity contribution is 0.0131. The van der Waals surface area contributed by atoms with Gasteiger partial charge >= 0.3 is 0 Å². The van der Waals surface area contributed by atoms with Crippen molar-refractivity contribution in [3.63, 3.8) is 0 Å². The zero-order chi connectivity index (χ0) is 21.5. The van der Waals surface area contributed by atoms with Crippen molar-refractivity contribution in [2.45, 2.75) is 33.0 Å². The molecule has 0 spiro atoms. The molecule has 11 heteroatoms. The molecule has 1 aromatic heterocycles. The molecule has 170 valence electrons. The average Bonchev–Trinajstić information content (AvgIpc) is 3.07. The van der Waals surface area contributed by atoms with E-state index >= 15 is 0 Å². The van der Waals surface area contributed by atoms with Crippen LogP contribution < -0.4 is 5.32 Å². The molecular formula is C18H37N5O5S. The lowest BCUT2D eigenvalue weighted by atomic mass is 10.4. The van der Waals surface area contributed by atoms with Gasteiger partial charge in [-0.15, -0.1) is 5.10 Å². The Morgan fingerprint density at radius 3 is 2.34 bits per heavy atom. The number of aromatic nitrogens is 3. The van der Waals surface area contributed by atoms with Crippen molar-refractivity contribution in [2.75, 3.05) is 71.8 Å². The van der Waals surface area contributed by atoms with Crippen LogP contribution in [0.3, 0.4) is 0 Å². The first-order valence-corrected chi connectivity index (χ1v) is 12.0. The smallest absolute Gasteiger partial charge is 0.148 e. The molecule has 0 amide bonds. The molecule has 0 aliphatic carbocycles. The van der Waals surface area contributed by atoms with E-state index in [4.69, 9.17) is 14.2 Å². The van der Waals surface area contributed by atoms with Crippen molar-refractivity contribution in [3.8, 4) is 0 Å². The Morgan fingerprint density at radius 2 is 1.72 bits per heavy atom. The van der Waals surface area contributed by atoms with E-state index < -0.39 is 9.84 Å². The summed E-state index contributed by atoms with van der Waals surface area (Å²) >= 11 is 0. The molecular weight excluding hydrogens is 398 g/mol. The number of nitrogens with one attached hydrogen (secondary N) is 1. The Bertz CT molecular complexity index is 638. The Labute approximate surface area is 174 Å². The predicted molar refractivity (Wildman–Crippen MR) is 112 cm³/mol. The van der Waals surface area contributed by atoms with Gasteiger partial charge in [0.25, 0.3) is 0 Å². The molecule has 1 rings (SSSR count). The van der Waals surface area contributed by atoms with Crippen LogP contribution in [0, 0.1) is 0 Å². The minimum absolute atomic E-state index is 0.134. The topological polar surface area (TPSA) is 108 Å². The minimum atomic E-state index is -2.96. The largest absolute Gasteiger partial charge is 0.378 e. The summed E-state index contributed by atoms with van der Waals surface area (Å²) in [5, 5.41) is 11.4. The van der Waals surface area contributed by atoms with Crippen molar-refractivity contribution in [1.29, 1.82) is 0 Å². The third-order valence-electron chi connectivity index (χ3n) is 3.87. The molecule has 0 saturated heterocycles. The maximum absolute atomic E-state index is 11.2. The van der Waals surface area contributed by atoms with Gasteiger partial charge in [0, 0.05) is 38.1 Å². The highest BCUT2D eigenvalue weighted by molar-refractivity contribution is 7.90. The highest BCUT2D eigenvalue weighted by atomic mass is 32.2. The summed E-state index contributed by atoms with van der Waals surface area (Å²) in [5.41, 5.74) is 0.799. The van der Waals surface area contributed by atoms with E-state index in [1.165, 1.54) is 6.26 Å². The number of nitrogens with zero attached hydrogens (tertiary/aromatic N) is 4. The summed E-state index contributed by atoms with van der Waals surface area (Å²) in [6.45, 7) is 10.1. The van der Waals surface area contributed by atoms with E-state index in [1.807, 2.05) is 18.1 Å². The first-order valence-electron chi connectivity index (χ1n) is 9.98. The third kappa shape index (κ3) is 15.4. The van der Waals surface area contributed by atoms with Crippen LogP contribution in [0.4, 0.5) is 0 Å². The molecule has 0 aromatic carbocycles. The van der Waals surface area contributed by atoms with Crippen LogP contribution in [-0.4, -0.2) is 106 Å². The molecule has 0 atom stereocenters. The highest BCUT2D eigenvalue weighted by Crippen LogP contribution is 1.99. The van der Waals surface area contributed by atoms with Gasteiger partial charge in [-0.3, -0.25) is 4.90 Å². The van der Waals surface area contributed by atoms with Crippen LogP contribution in [0.1, 0.15) is 19.5 Å². The summed E-state index contributed by atoms with van der Waals surface area (Å²) in [4.78, 5) is 1.91. The van der Waals surface area contributed by atoms with Gasteiger partial charge in [0.15, 0.2) is 0 Å². The molecule has 0 radical (unpaired) electrons. The predicted octanol–water partition coefficient (Wildman–Crippen LogP) is -0.198. The Balaban J connectivity index is 1.99. The molecule has 0 fully saturated rings. The zero-order valence-corrected chi connectivity index (χ0v) is 19.0. The minimum Gasteiger partial charge on any atom is -0.378 e. The molecule has 1 N–H and O–H groups in total. The van der Waals surface area contributed by atoms with Crippen molar-refractivity contribution in [2.24, 2.45) is 0 Å². The highest BCUT2D eigenvalue weighted by Gasteiger charge is 2.08. The van der Waals surface area contributed by atoms with Gasteiger partial charge < -0.3 is 19.5 Å². The normalized spacial score (nSPS) is 12.3. The van der Waals surface area contributed by atoms with E-state index in [1.54, 1.807) is 4.68 Å². The van der Waals surface area contributed by atoms with Gasteiger partial charge in [-0.25, -0.2) is 13.1 Å². The first kappa shape index (κ1) is 25.9. The second kappa shape index (κ2) is 14.8. The summed E-state index contributed by atoms with van der Waals surface area (Å²) in [6.07, 6.45) is 3.09. The SMILES string of the molecule is CC(C)NCCOCCOCCOCCn1cc(CN(C)CCS(C)(=O)=O)nn1. The number of hydrogen-bond acceptors (Lipinski definition) is 9. The summed E-state index contributed by atoms with van der Waals surface area (Å²) in [5.74, 6) is 0.134. The van der Waals surface area contributed by atoms with Gasteiger partial charge in [-0.1, -0.05) is 19.1 Å². The van der Waals surface area contributed by atoms with Crippen molar-refractivity contribution in [1.82, 2.24) is 25.2 Å². The number of hydrogen-bond donors (Lipinski definition) is 1. The molecule has 0 aliphatic rings. The van der Waals surface area contributed by atoms with Crippen LogP contribution in [0.5, 0.6) is 0 Å². The number of rotatable bonds is 18. The molecule has 1 aromatic rings. The lowest BCUT2D eigenvalue weighted by Gasteiger charge is -2.13. The van der Waals surface area contributed by atoms with Crippen molar-refractivity contribution >= 4 is 9.84 Å². The fourth-order valence-electron chi connectivity index (χ4n) is 2.32. The van der Waals surface area contributed by atoms with Gasteiger partial charge in [-0.05, 0) is 7.05 Å². The first-order chi connectivity index (χ1) is 13.8. The standard InChI is InChI=1S/C18H37N5O5S/c1-17(2)19-5-8-26-10-12-28-13-11-27-9-6-23-16-18(20-21-23)15-22(3)7-14-29(4,24)25/h16-17,19H,5-15H2,1-4H3. The van der Waals surface area contributed by atoms with Crippen LogP contribution in [0.25, 0.3) is 0 Å². The zero-order valence-electron chi connectivity index (χ0n) is 18.2. The van der Waals surface area contributed by atoms with Gasteiger partial charge in [0.05, 0.1) is 57.6 Å². The van der Waals surface area contributed by atoms with Crippen LogP contribution >= 0.6 is 0 Å². The van der Waals surface area contributed by atoms with Crippen LogP contribution in [0.15, 0.2) is 6.20 Å². The van der Waals surface area contributed by atoms with Crippen molar-refractivity contribution in [3.05, 3.63) is 11.9 Å². The van der Waals surface area contributed by atoms with E-state index in [-0.39, 0.29) is 5.75 Å². The summed E-state index contributed by atoms with van der Waals surface area (Å²) in [6, 6.07) is 0.476. The Morgan fingerprint density at radius 1 is 1.10 bits per heavy atom. The lowest BCUT2D eigenvalue weighted by Crippen LogP contribution is -2.27. The fraction of sp³-hybridized carbons (Fsp3) is 0.889. The number of sulfone groups is 1. The molecule has 0 unspecified atom stereocenters. The van der Waals surface area contributed by atoms with Crippen LogP contribution in [-0.2, 0) is 37.1 Å². The summed E-state index contributed by atoms with van der Waals surface area (Å²) in [7, 11) is -1.10. The van der Waals surface area contributed by atoms with Crippen LogP contribution in [0.2, 0.25) is 0 Å². The second-order valence-electron chi connectivity index (χ2n) is 7.29. The average molecular weight is 436 g/mol. The molecule has 0 bridgehead atoms. The fourth-order valence-corrected chi connectivity index (χ4v) is 2.96. The maximum atomic E-state index is 11.2.